The highest BCUT2D eigenvalue weighted by Crippen LogP contribution is 2.29. The second kappa shape index (κ2) is 5.89. The van der Waals surface area contributed by atoms with E-state index in [4.69, 9.17) is 11.5 Å². The number of hydrogen-bond donors (Lipinski definition) is 4. The number of carbonyl (C=O) groups excluding carboxylic acids is 4. The lowest BCUT2D eigenvalue weighted by Gasteiger charge is -2.51. The van der Waals surface area contributed by atoms with Crippen molar-refractivity contribution in [3.05, 3.63) is 0 Å². The summed E-state index contributed by atoms with van der Waals surface area (Å²) in [5.74, 6) is -4.03. The van der Waals surface area contributed by atoms with E-state index in [0.717, 1.165) is 0 Å². The van der Waals surface area contributed by atoms with Crippen molar-refractivity contribution >= 4 is 23.6 Å². The van der Waals surface area contributed by atoms with Crippen molar-refractivity contribution in [3.63, 3.8) is 0 Å². The van der Waals surface area contributed by atoms with Crippen molar-refractivity contribution in [1.29, 1.82) is 0 Å². The van der Waals surface area contributed by atoms with Gasteiger partial charge in [-0.25, -0.2) is 0 Å². The summed E-state index contributed by atoms with van der Waals surface area (Å²) in [5, 5.41) is 20.8. The first-order valence-corrected chi connectivity index (χ1v) is 6.70. The largest absolute Gasteiger partial charge is 0.365 e. The Balaban J connectivity index is 3.41. The highest BCUT2D eigenvalue weighted by molar-refractivity contribution is 5.94. The molecule has 1 fully saturated rings. The Morgan fingerprint density at radius 2 is 1.14 bits per heavy atom. The molecule has 0 aromatic carbocycles. The summed E-state index contributed by atoms with van der Waals surface area (Å²) >= 11 is 0. The lowest BCUT2D eigenvalue weighted by Crippen LogP contribution is -2.79. The summed E-state index contributed by atoms with van der Waals surface area (Å²) in [6.45, 7) is 1.22. The van der Waals surface area contributed by atoms with E-state index in [1.165, 1.54) is 13.8 Å². The molecular weight excluding hydrogens is 296 g/mol. The molecule has 0 spiro atoms. The van der Waals surface area contributed by atoms with Gasteiger partial charge < -0.3 is 21.7 Å². The second-order valence-corrected chi connectivity index (χ2v) is 5.03. The number of aliphatic hydroxyl groups is 2. The van der Waals surface area contributed by atoms with Crippen molar-refractivity contribution in [2.24, 2.45) is 11.5 Å². The standard InChI is InChI=1S/C12H20N4O6/c1-3-7(17)15-5-12(22,10(14)20)16(8(18)4-2)6-11(15,21)9(13)19/h21-22H,3-6H2,1-2H3,(H2,13,19)(H2,14,20)/t11-,12-/m0/s1. The van der Waals surface area contributed by atoms with Crippen LogP contribution in [-0.4, -0.2) is 68.2 Å². The minimum Gasteiger partial charge on any atom is -0.365 e. The Labute approximate surface area is 126 Å². The number of amides is 4. The minimum absolute atomic E-state index is 0.119. The molecule has 1 aliphatic heterocycles. The van der Waals surface area contributed by atoms with Crippen molar-refractivity contribution < 1.29 is 29.4 Å². The molecule has 124 valence electrons. The fourth-order valence-electron chi connectivity index (χ4n) is 2.27. The van der Waals surface area contributed by atoms with Crippen LogP contribution in [0.15, 0.2) is 0 Å². The number of primary amides is 2. The maximum Gasteiger partial charge on any atom is 0.272 e. The van der Waals surface area contributed by atoms with Crippen LogP contribution in [0.1, 0.15) is 26.7 Å². The molecule has 0 unspecified atom stereocenters. The molecule has 0 aliphatic carbocycles. The van der Waals surface area contributed by atoms with Gasteiger partial charge in [-0.15, -0.1) is 0 Å². The molecule has 1 rings (SSSR count). The van der Waals surface area contributed by atoms with Gasteiger partial charge in [-0.2, -0.15) is 0 Å². The first-order chi connectivity index (χ1) is 10.0. The van der Waals surface area contributed by atoms with E-state index in [2.05, 4.69) is 0 Å². The molecule has 0 radical (unpaired) electrons. The lowest BCUT2D eigenvalue weighted by atomic mass is 9.97. The molecule has 1 saturated heterocycles. The summed E-state index contributed by atoms with van der Waals surface area (Å²) in [4.78, 5) is 48.2. The van der Waals surface area contributed by atoms with Crippen LogP contribution in [0.25, 0.3) is 0 Å². The Bertz CT molecular complexity index is 478. The van der Waals surface area contributed by atoms with E-state index in [0.29, 0.717) is 9.80 Å². The van der Waals surface area contributed by atoms with Gasteiger partial charge in [-0.3, -0.25) is 29.0 Å². The molecule has 0 saturated carbocycles. The van der Waals surface area contributed by atoms with E-state index in [1.54, 1.807) is 0 Å². The van der Waals surface area contributed by atoms with Crippen LogP contribution >= 0.6 is 0 Å². The SMILES string of the molecule is CCC(=O)N1C[C@](O)(C(N)=O)N(C(=O)CC)C[C@]1(O)C(N)=O. The number of piperazine rings is 1. The lowest BCUT2D eigenvalue weighted by molar-refractivity contribution is -0.232. The summed E-state index contributed by atoms with van der Waals surface area (Å²) in [6, 6.07) is 0. The van der Waals surface area contributed by atoms with E-state index in [1.807, 2.05) is 0 Å². The molecule has 2 atom stereocenters. The van der Waals surface area contributed by atoms with Gasteiger partial charge in [0.1, 0.15) is 0 Å². The number of carbonyl (C=O) groups is 4. The van der Waals surface area contributed by atoms with Gasteiger partial charge in [-0.1, -0.05) is 13.8 Å². The average Bonchev–Trinajstić information content (AvgIpc) is 2.47. The van der Waals surface area contributed by atoms with E-state index in [9.17, 15) is 29.4 Å². The molecule has 10 heteroatoms. The normalized spacial score (nSPS) is 28.4. The van der Waals surface area contributed by atoms with Crippen LogP contribution in [0.2, 0.25) is 0 Å². The number of nitrogens with two attached hydrogens (primary N) is 2. The zero-order chi connectivity index (χ0) is 17.3. The summed E-state index contributed by atoms with van der Waals surface area (Å²) in [7, 11) is 0. The zero-order valence-corrected chi connectivity index (χ0v) is 12.4. The van der Waals surface area contributed by atoms with Gasteiger partial charge in [0, 0.05) is 12.8 Å². The molecule has 10 nitrogen and oxygen atoms in total. The van der Waals surface area contributed by atoms with Gasteiger partial charge in [0.2, 0.25) is 23.3 Å². The predicted molar refractivity (Wildman–Crippen MR) is 72.3 cm³/mol. The van der Waals surface area contributed by atoms with Gasteiger partial charge in [0.05, 0.1) is 13.1 Å². The maximum atomic E-state index is 11.9. The van der Waals surface area contributed by atoms with Crippen LogP contribution in [0.4, 0.5) is 0 Å². The van der Waals surface area contributed by atoms with Crippen LogP contribution in [0.5, 0.6) is 0 Å². The van der Waals surface area contributed by atoms with Crippen molar-refractivity contribution in [1.82, 2.24) is 9.80 Å². The number of β-amino-alcohol motifs (C(OH)–C–C–N with tert-alkyl or cyclic N) is 2. The molecule has 0 aromatic heterocycles. The molecular formula is C12H20N4O6. The van der Waals surface area contributed by atoms with E-state index >= 15 is 0 Å². The fourth-order valence-corrected chi connectivity index (χ4v) is 2.27. The first-order valence-electron chi connectivity index (χ1n) is 6.70. The van der Waals surface area contributed by atoms with Gasteiger partial charge in [0.25, 0.3) is 11.8 Å². The van der Waals surface area contributed by atoms with Crippen LogP contribution in [0.3, 0.4) is 0 Å². The fraction of sp³-hybridized carbons (Fsp3) is 0.667. The third-order valence-corrected chi connectivity index (χ3v) is 3.65. The Hall–Kier alpha value is -2.20. The number of nitrogens with zero attached hydrogens (tertiary/aromatic N) is 2. The third kappa shape index (κ3) is 2.62. The minimum atomic E-state index is -2.53. The summed E-state index contributed by atoms with van der Waals surface area (Å²) in [6.07, 6.45) is -0.238. The van der Waals surface area contributed by atoms with Gasteiger partial charge >= 0.3 is 0 Å². The van der Waals surface area contributed by atoms with E-state index in [-0.39, 0.29) is 12.8 Å². The Morgan fingerprint density at radius 1 is 0.864 bits per heavy atom. The van der Waals surface area contributed by atoms with Crippen molar-refractivity contribution in [2.75, 3.05) is 13.1 Å². The molecule has 22 heavy (non-hydrogen) atoms. The topological polar surface area (TPSA) is 167 Å². The summed E-state index contributed by atoms with van der Waals surface area (Å²) < 4.78 is 0. The van der Waals surface area contributed by atoms with Gasteiger partial charge in [-0.05, 0) is 0 Å². The smallest absolute Gasteiger partial charge is 0.272 e. The zero-order valence-electron chi connectivity index (χ0n) is 12.4. The second-order valence-electron chi connectivity index (χ2n) is 5.03. The monoisotopic (exact) mass is 316 g/mol. The predicted octanol–water partition coefficient (Wildman–Crippen LogP) is -3.17. The molecule has 6 N–H and O–H groups in total. The third-order valence-electron chi connectivity index (χ3n) is 3.65. The number of rotatable bonds is 4. The van der Waals surface area contributed by atoms with Crippen molar-refractivity contribution in [3.8, 4) is 0 Å². The van der Waals surface area contributed by atoms with Crippen LogP contribution in [0, 0.1) is 0 Å². The Morgan fingerprint density at radius 3 is 1.32 bits per heavy atom. The molecule has 0 aromatic rings. The van der Waals surface area contributed by atoms with Gasteiger partial charge in [0.15, 0.2) is 0 Å². The molecule has 0 bridgehead atoms. The van der Waals surface area contributed by atoms with Crippen molar-refractivity contribution in [2.45, 2.75) is 38.1 Å². The maximum absolute atomic E-state index is 11.9. The first kappa shape index (κ1) is 17.9. The van der Waals surface area contributed by atoms with Crippen LogP contribution in [-0.2, 0) is 19.2 Å². The average molecular weight is 316 g/mol. The molecule has 1 heterocycles. The Kier molecular flexibility index (Phi) is 4.78. The highest BCUT2D eigenvalue weighted by atomic mass is 16.4. The number of hydrogen-bond acceptors (Lipinski definition) is 6. The molecule has 1 aliphatic rings. The molecule has 4 amide bonds. The van der Waals surface area contributed by atoms with E-state index < -0.39 is 48.2 Å². The quantitative estimate of drug-likeness (QED) is 0.426. The summed E-state index contributed by atoms with van der Waals surface area (Å²) in [5.41, 5.74) is 5.21. The highest BCUT2D eigenvalue weighted by Gasteiger charge is 2.59. The van der Waals surface area contributed by atoms with Crippen LogP contribution < -0.4 is 11.5 Å².